The minimum absolute atomic E-state index is 0.288. The molecule has 18 heavy (non-hydrogen) atoms. The van der Waals surface area contributed by atoms with Gasteiger partial charge in [-0.3, -0.25) is 5.43 Å². The predicted octanol–water partition coefficient (Wildman–Crippen LogP) is 4.15. The largest absolute Gasteiger partial charge is 0.277 e. The van der Waals surface area contributed by atoms with Gasteiger partial charge < -0.3 is 0 Å². The first-order chi connectivity index (χ1) is 8.65. The molecule has 2 rings (SSSR count). The van der Waals surface area contributed by atoms with Crippen LogP contribution in [0.2, 0.25) is 0 Å². The Balaban J connectivity index is 2.11. The van der Waals surface area contributed by atoms with Crippen molar-refractivity contribution >= 4 is 22.5 Å². The summed E-state index contributed by atoms with van der Waals surface area (Å²) in [6.45, 7) is 2.00. The van der Waals surface area contributed by atoms with E-state index >= 15 is 0 Å². The van der Waals surface area contributed by atoms with Gasteiger partial charge in [-0.2, -0.15) is 5.10 Å². The zero-order chi connectivity index (χ0) is 13.0. The second-order valence-corrected chi connectivity index (χ2v) is 4.25. The van der Waals surface area contributed by atoms with Crippen molar-refractivity contribution in [3.05, 3.63) is 65.5 Å². The van der Waals surface area contributed by atoms with Gasteiger partial charge in [-0.15, -0.1) is 0 Å². The first-order valence-corrected chi connectivity index (χ1v) is 5.85. The molecule has 0 aromatic heterocycles. The fourth-order valence-electron chi connectivity index (χ4n) is 1.48. The van der Waals surface area contributed by atoms with Crippen LogP contribution in [0.5, 0.6) is 0 Å². The molecule has 1 N–H and O–H groups in total. The zero-order valence-electron chi connectivity index (χ0n) is 9.82. The zero-order valence-corrected chi connectivity index (χ0v) is 10.6. The number of nitrogens with one attached hydrogen (secondary N) is 1. The normalized spacial score (nSPS) is 11.4. The topological polar surface area (TPSA) is 24.4 Å². The van der Waals surface area contributed by atoms with Gasteiger partial charge in [-0.05, 0) is 48.9 Å². The Morgan fingerprint density at radius 2 is 1.89 bits per heavy atom. The number of aryl methyl sites for hydroxylation is 1. The van der Waals surface area contributed by atoms with E-state index in [4.69, 9.17) is 11.6 Å². The Labute approximate surface area is 110 Å². The molecule has 0 fully saturated rings. The smallest absolute Gasteiger partial charge is 0.156 e. The van der Waals surface area contributed by atoms with Gasteiger partial charge in [0.2, 0.25) is 0 Å². The molecule has 0 aliphatic carbocycles. The lowest BCUT2D eigenvalue weighted by atomic mass is 10.2. The van der Waals surface area contributed by atoms with E-state index < -0.39 is 0 Å². The fraction of sp³-hybridized carbons (Fsp3) is 0.0714. The third-order valence-electron chi connectivity index (χ3n) is 2.38. The van der Waals surface area contributed by atoms with Gasteiger partial charge >= 0.3 is 0 Å². The third kappa shape index (κ3) is 3.31. The van der Waals surface area contributed by atoms with E-state index in [9.17, 15) is 4.39 Å². The standard InChI is InChI=1S/C14H12ClFN2/c1-10-3-2-4-13(9-10)17-18-14(15)11-5-7-12(16)8-6-11/h2-9,17H,1H3. The summed E-state index contributed by atoms with van der Waals surface area (Å²) in [5, 5.41) is 4.33. The maximum Gasteiger partial charge on any atom is 0.156 e. The summed E-state index contributed by atoms with van der Waals surface area (Å²) in [5.41, 5.74) is 5.51. The molecule has 0 amide bonds. The van der Waals surface area contributed by atoms with E-state index in [0.717, 1.165) is 11.3 Å². The summed E-state index contributed by atoms with van der Waals surface area (Å²) >= 11 is 6.01. The van der Waals surface area contributed by atoms with Gasteiger partial charge in [0.1, 0.15) is 5.82 Å². The van der Waals surface area contributed by atoms with Crippen LogP contribution >= 0.6 is 11.6 Å². The van der Waals surface area contributed by atoms with E-state index in [1.54, 1.807) is 12.1 Å². The molecule has 2 nitrogen and oxygen atoms in total. The van der Waals surface area contributed by atoms with Crippen LogP contribution in [0.4, 0.5) is 10.1 Å². The van der Waals surface area contributed by atoms with E-state index in [2.05, 4.69) is 10.5 Å². The number of hydrazone groups is 1. The lowest BCUT2D eigenvalue weighted by molar-refractivity contribution is 0.628. The van der Waals surface area contributed by atoms with E-state index in [0.29, 0.717) is 5.56 Å². The van der Waals surface area contributed by atoms with Crippen LogP contribution in [0.3, 0.4) is 0 Å². The summed E-state index contributed by atoms with van der Waals surface area (Å²) in [7, 11) is 0. The highest BCUT2D eigenvalue weighted by molar-refractivity contribution is 6.69. The monoisotopic (exact) mass is 262 g/mol. The third-order valence-corrected chi connectivity index (χ3v) is 2.69. The van der Waals surface area contributed by atoms with Crippen LogP contribution in [0.15, 0.2) is 53.6 Å². The van der Waals surface area contributed by atoms with Crippen molar-refractivity contribution in [3.8, 4) is 0 Å². The van der Waals surface area contributed by atoms with Crippen LogP contribution in [0.1, 0.15) is 11.1 Å². The van der Waals surface area contributed by atoms with E-state index in [1.807, 2.05) is 31.2 Å². The molecule has 4 heteroatoms. The highest BCUT2D eigenvalue weighted by atomic mass is 35.5. The molecule has 0 aliphatic rings. The number of nitrogens with zero attached hydrogens (tertiary/aromatic N) is 1. The molecular formula is C14H12ClFN2. The first kappa shape index (κ1) is 12.6. The van der Waals surface area contributed by atoms with Gasteiger partial charge in [0.05, 0.1) is 5.69 Å². The van der Waals surface area contributed by atoms with Crippen molar-refractivity contribution in [2.45, 2.75) is 6.92 Å². The van der Waals surface area contributed by atoms with Crippen LogP contribution in [-0.4, -0.2) is 5.17 Å². The fourth-order valence-corrected chi connectivity index (χ4v) is 1.65. The average molecular weight is 263 g/mol. The number of halogens is 2. The molecule has 0 radical (unpaired) electrons. The molecule has 0 heterocycles. The molecule has 0 saturated heterocycles. The highest BCUT2D eigenvalue weighted by Crippen LogP contribution is 2.11. The molecule has 0 saturated carbocycles. The van der Waals surface area contributed by atoms with Gasteiger partial charge in [0.25, 0.3) is 0 Å². The van der Waals surface area contributed by atoms with E-state index in [-0.39, 0.29) is 11.0 Å². The number of rotatable bonds is 3. The summed E-state index contributed by atoms with van der Waals surface area (Å²) in [6, 6.07) is 13.6. The molecule has 2 aromatic rings. The molecule has 0 aliphatic heterocycles. The van der Waals surface area contributed by atoms with Gasteiger partial charge in [0.15, 0.2) is 5.17 Å². The molecule has 92 valence electrons. The van der Waals surface area contributed by atoms with Crippen molar-refractivity contribution in [1.82, 2.24) is 0 Å². The Kier molecular flexibility index (Phi) is 3.95. The van der Waals surface area contributed by atoms with Crippen molar-refractivity contribution in [1.29, 1.82) is 0 Å². The Bertz CT molecular complexity index is 564. The molecule has 2 aromatic carbocycles. The maximum atomic E-state index is 12.7. The first-order valence-electron chi connectivity index (χ1n) is 5.47. The minimum Gasteiger partial charge on any atom is -0.277 e. The van der Waals surface area contributed by atoms with Crippen LogP contribution in [0, 0.1) is 12.7 Å². The Hall–Kier alpha value is -1.87. The van der Waals surface area contributed by atoms with Crippen molar-refractivity contribution in [2.24, 2.45) is 5.10 Å². The summed E-state index contributed by atoms with van der Waals surface area (Å²) in [6.07, 6.45) is 0. The lowest BCUT2D eigenvalue weighted by Gasteiger charge is -2.03. The minimum atomic E-state index is -0.296. The Morgan fingerprint density at radius 3 is 2.56 bits per heavy atom. The highest BCUT2D eigenvalue weighted by Gasteiger charge is 2.00. The second kappa shape index (κ2) is 5.65. The van der Waals surface area contributed by atoms with Gasteiger partial charge in [0, 0.05) is 5.56 Å². The molecule has 0 bridgehead atoms. The molecular weight excluding hydrogens is 251 g/mol. The average Bonchev–Trinajstić information content (AvgIpc) is 2.37. The summed E-state index contributed by atoms with van der Waals surface area (Å²) < 4.78 is 12.7. The quantitative estimate of drug-likeness (QED) is 0.652. The van der Waals surface area contributed by atoms with Crippen LogP contribution < -0.4 is 5.43 Å². The SMILES string of the molecule is Cc1cccc(NN=C(Cl)c2ccc(F)cc2)c1. The van der Waals surface area contributed by atoms with Crippen molar-refractivity contribution in [2.75, 3.05) is 5.43 Å². The van der Waals surface area contributed by atoms with Gasteiger partial charge in [-0.25, -0.2) is 4.39 Å². The Morgan fingerprint density at radius 1 is 1.17 bits per heavy atom. The second-order valence-electron chi connectivity index (χ2n) is 3.89. The predicted molar refractivity (Wildman–Crippen MR) is 73.6 cm³/mol. The number of hydrogen-bond acceptors (Lipinski definition) is 2. The number of anilines is 1. The molecule has 0 atom stereocenters. The van der Waals surface area contributed by atoms with Crippen molar-refractivity contribution < 1.29 is 4.39 Å². The maximum absolute atomic E-state index is 12.7. The molecule has 0 unspecified atom stereocenters. The van der Waals surface area contributed by atoms with E-state index in [1.165, 1.54) is 12.1 Å². The summed E-state index contributed by atoms with van der Waals surface area (Å²) in [5.74, 6) is -0.296. The van der Waals surface area contributed by atoms with Crippen LogP contribution in [-0.2, 0) is 0 Å². The van der Waals surface area contributed by atoms with Gasteiger partial charge in [-0.1, -0.05) is 23.7 Å². The lowest BCUT2D eigenvalue weighted by Crippen LogP contribution is -1.97. The van der Waals surface area contributed by atoms with Crippen LogP contribution in [0.25, 0.3) is 0 Å². The number of benzene rings is 2. The number of hydrogen-bond donors (Lipinski definition) is 1. The van der Waals surface area contributed by atoms with Crippen molar-refractivity contribution in [3.63, 3.8) is 0 Å². The molecule has 0 spiro atoms. The summed E-state index contributed by atoms with van der Waals surface area (Å²) in [4.78, 5) is 0.